The van der Waals surface area contributed by atoms with Gasteiger partial charge in [0.1, 0.15) is 6.04 Å². The molecule has 0 radical (unpaired) electrons. The van der Waals surface area contributed by atoms with Crippen molar-refractivity contribution in [2.75, 3.05) is 0 Å². The molecule has 2 amide bonds. The predicted octanol–water partition coefficient (Wildman–Crippen LogP) is 1.42. The summed E-state index contributed by atoms with van der Waals surface area (Å²) in [6, 6.07) is 13.5. The van der Waals surface area contributed by atoms with Crippen molar-refractivity contribution in [1.29, 1.82) is 0 Å². The molecule has 0 fully saturated rings. The van der Waals surface area contributed by atoms with Crippen LogP contribution in [-0.2, 0) is 11.2 Å². The molecule has 0 aromatic heterocycles. The van der Waals surface area contributed by atoms with E-state index in [0.717, 1.165) is 11.6 Å². The lowest BCUT2D eigenvalue weighted by molar-refractivity contribution is -0.384. The Morgan fingerprint density at radius 2 is 1.83 bits per heavy atom. The maximum absolute atomic E-state index is 12.2. The van der Waals surface area contributed by atoms with Crippen molar-refractivity contribution in [2.45, 2.75) is 12.5 Å². The third kappa shape index (κ3) is 4.37. The fourth-order valence-corrected chi connectivity index (χ4v) is 2.07. The Morgan fingerprint density at radius 1 is 1.13 bits per heavy atom. The maximum Gasteiger partial charge on any atom is 0.270 e. The highest BCUT2D eigenvalue weighted by Crippen LogP contribution is 2.13. The Morgan fingerprint density at radius 3 is 2.43 bits per heavy atom. The molecule has 0 heterocycles. The Hall–Kier alpha value is -3.22. The topological polar surface area (TPSA) is 115 Å². The first-order valence-corrected chi connectivity index (χ1v) is 6.86. The number of nitro groups is 1. The molecule has 118 valence electrons. The first-order valence-electron chi connectivity index (χ1n) is 6.86. The van der Waals surface area contributed by atoms with Gasteiger partial charge in [0, 0.05) is 24.1 Å². The van der Waals surface area contributed by atoms with Crippen LogP contribution in [0.1, 0.15) is 15.9 Å². The molecule has 23 heavy (non-hydrogen) atoms. The highest BCUT2D eigenvalue weighted by molar-refractivity contribution is 5.97. The summed E-state index contributed by atoms with van der Waals surface area (Å²) in [6.45, 7) is 0. The van der Waals surface area contributed by atoms with Gasteiger partial charge in [0.2, 0.25) is 5.91 Å². The predicted molar refractivity (Wildman–Crippen MR) is 83.7 cm³/mol. The normalized spacial score (nSPS) is 11.5. The van der Waals surface area contributed by atoms with Crippen molar-refractivity contribution in [1.82, 2.24) is 5.32 Å². The molecule has 0 saturated carbocycles. The molecule has 3 N–H and O–H groups in total. The highest BCUT2D eigenvalue weighted by Gasteiger charge is 2.20. The second-order valence-electron chi connectivity index (χ2n) is 4.93. The van der Waals surface area contributed by atoms with Gasteiger partial charge in [0.25, 0.3) is 11.6 Å². The molecule has 0 unspecified atom stereocenters. The van der Waals surface area contributed by atoms with Crippen molar-refractivity contribution >= 4 is 17.5 Å². The van der Waals surface area contributed by atoms with E-state index in [2.05, 4.69) is 5.32 Å². The van der Waals surface area contributed by atoms with E-state index < -0.39 is 22.8 Å². The third-order valence-electron chi connectivity index (χ3n) is 3.25. The van der Waals surface area contributed by atoms with Crippen LogP contribution in [0.5, 0.6) is 0 Å². The molecule has 2 aromatic rings. The van der Waals surface area contributed by atoms with Gasteiger partial charge in [-0.25, -0.2) is 0 Å². The van der Waals surface area contributed by atoms with Crippen LogP contribution in [0.25, 0.3) is 0 Å². The summed E-state index contributed by atoms with van der Waals surface area (Å²) in [7, 11) is 0. The molecule has 7 heteroatoms. The number of nitrogens with one attached hydrogen (secondary N) is 1. The van der Waals surface area contributed by atoms with Gasteiger partial charge >= 0.3 is 0 Å². The van der Waals surface area contributed by atoms with E-state index in [-0.39, 0.29) is 17.7 Å². The number of hydrogen-bond donors (Lipinski definition) is 2. The maximum atomic E-state index is 12.2. The number of carbonyl (C=O) groups excluding carboxylic acids is 2. The zero-order valence-corrected chi connectivity index (χ0v) is 12.1. The minimum absolute atomic E-state index is 0.0958. The van der Waals surface area contributed by atoms with Crippen LogP contribution in [0, 0.1) is 10.1 Å². The van der Waals surface area contributed by atoms with Crippen molar-refractivity contribution < 1.29 is 14.5 Å². The van der Waals surface area contributed by atoms with Gasteiger partial charge in [-0.15, -0.1) is 0 Å². The number of non-ortho nitro benzene ring substituents is 1. The number of carbonyl (C=O) groups is 2. The summed E-state index contributed by atoms with van der Waals surface area (Å²) in [6.07, 6.45) is 0.247. The van der Waals surface area contributed by atoms with Crippen LogP contribution in [0.2, 0.25) is 0 Å². The fraction of sp³-hybridized carbons (Fsp3) is 0.125. The van der Waals surface area contributed by atoms with Gasteiger partial charge in [0.15, 0.2) is 0 Å². The number of hydrogen-bond acceptors (Lipinski definition) is 4. The largest absolute Gasteiger partial charge is 0.368 e. The van der Waals surface area contributed by atoms with E-state index in [4.69, 9.17) is 5.73 Å². The van der Waals surface area contributed by atoms with Crippen molar-refractivity contribution in [3.05, 3.63) is 75.8 Å². The molecule has 2 rings (SSSR count). The monoisotopic (exact) mass is 313 g/mol. The summed E-state index contributed by atoms with van der Waals surface area (Å²) in [5.41, 5.74) is 6.07. The Balaban J connectivity index is 2.13. The van der Waals surface area contributed by atoms with E-state index >= 15 is 0 Å². The van der Waals surface area contributed by atoms with Crippen LogP contribution in [0.4, 0.5) is 5.69 Å². The molecule has 0 saturated heterocycles. The van der Waals surface area contributed by atoms with Gasteiger partial charge in [-0.3, -0.25) is 19.7 Å². The number of amides is 2. The smallest absolute Gasteiger partial charge is 0.270 e. The van der Waals surface area contributed by atoms with Crippen LogP contribution in [-0.4, -0.2) is 22.8 Å². The summed E-state index contributed by atoms with van der Waals surface area (Å²) < 4.78 is 0. The molecule has 0 bridgehead atoms. The van der Waals surface area contributed by atoms with Crippen molar-refractivity contribution in [3.8, 4) is 0 Å². The quantitative estimate of drug-likeness (QED) is 0.619. The van der Waals surface area contributed by atoms with Gasteiger partial charge < -0.3 is 11.1 Å². The molecule has 0 aliphatic carbocycles. The van der Waals surface area contributed by atoms with Crippen molar-refractivity contribution in [3.63, 3.8) is 0 Å². The Labute approximate surface area is 132 Å². The van der Waals surface area contributed by atoms with E-state index in [0.29, 0.717) is 0 Å². The number of benzene rings is 2. The van der Waals surface area contributed by atoms with Gasteiger partial charge in [-0.05, 0) is 11.6 Å². The fourth-order valence-electron chi connectivity index (χ4n) is 2.07. The molecular weight excluding hydrogens is 298 g/mol. The lowest BCUT2D eigenvalue weighted by atomic mass is 10.0. The first-order chi connectivity index (χ1) is 11.0. The van der Waals surface area contributed by atoms with Crippen LogP contribution in [0.15, 0.2) is 54.6 Å². The number of nitrogens with two attached hydrogens (primary N) is 1. The SMILES string of the molecule is NC(=O)[C@@H](Cc1ccccc1)NC(=O)c1cccc([N+](=O)[O-])c1. The van der Waals surface area contributed by atoms with Gasteiger partial charge in [0.05, 0.1) is 4.92 Å². The molecular formula is C16H15N3O4. The average molecular weight is 313 g/mol. The molecule has 1 atom stereocenters. The highest BCUT2D eigenvalue weighted by atomic mass is 16.6. The number of primary amides is 1. The lowest BCUT2D eigenvalue weighted by Crippen LogP contribution is -2.45. The third-order valence-corrected chi connectivity index (χ3v) is 3.25. The van der Waals surface area contributed by atoms with Gasteiger partial charge in [-0.2, -0.15) is 0 Å². The first kappa shape index (κ1) is 16.2. The summed E-state index contributed by atoms with van der Waals surface area (Å²) in [5.74, 6) is -1.26. The van der Waals surface area contributed by atoms with Crippen LogP contribution < -0.4 is 11.1 Å². The number of nitrogens with zero attached hydrogens (tertiary/aromatic N) is 1. The summed E-state index contributed by atoms with van der Waals surface area (Å²) in [5, 5.41) is 13.3. The molecule has 2 aromatic carbocycles. The van der Waals surface area contributed by atoms with Gasteiger partial charge in [-0.1, -0.05) is 36.4 Å². The van der Waals surface area contributed by atoms with Crippen LogP contribution >= 0.6 is 0 Å². The van der Waals surface area contributed by atoms with E-state index in [1.807, 2.05) is 30.3 Å². The number of rotatable bonds is 6. The average Bonchev–Trinajstić information content (AvgIpc) is 2.55. The number of nitro benzene ring substituents is 1. The lowest BCUT2D eigenvalue weighted by Gasteiger charge is -2.15. The molecule has 0 aliphatic rings. The summed E-state index contributed by atoms with van der Waals surface area (Å²) >= 11 is 0. The molecule has 0 aliphatic heterocycles. The minimum atomic E-state index is -0.899. The minimum Gasteiger partial charge on any atom is -0.368 e. The zero-order valence-electron chi connectivity index (χ0n) is 12.1. The second kappa shape index (κ2) is 7.17. The second-order valence-corrected chi connectivity index (χ2v) is 4.93. The van der Waals surface area contributed by atoms with Crippen molar-refractivity contribution in [2.24, 2.45) is 5.73 Å². The molecule has 0 spiro atoms. The Kier molecular flexibility index (Phi) is 5.03. The standard InChI is InChI=1S/C16H15N3O4/c17-15(20)14(9-11-5-2-1-3-6-11)18-16(21)12-7-4-8-13(10-12)19(22)23/h1-8,10,14H,9H2,(H2,17,20)(H,18,21)/t14-/m1/s1. The van der Waals surface area contributed by atoms with Crippen LogP contribution in [0.3, 0.4) is 0 Å². The molecule has 7 nitrogen and oxygen atoms in total. The van der Waals surface area contributed by atoms with E-state index in [1.54, 1.807) is 0 Å². The van der Waals surface area contributed by atoms with E-state index in [9.17, 15) is 19.7 Å². The van der Waals surface area contributed by atoms with E-state index in [1.165, 1.54) is 18.2 Å². The Bertz CT molecular complexity index is 731. The zero-order chi connectivity index (χ0) is 16.8. The summed E-state index contributed by atoms with van der Waals surface area (Å²) in [4.78, 5) is 33.9.